The Hall–Kier alpha value is -1.20. The van der Waals surface area contributed by atoms with E-state index in [4.69, 9.17) is 22.7 Å². The second-order valence-corrected chi connectivity index (χ2v) is 4.97. The molecule has 1 fully saturated rings. The average molecular weight is 251 g/mol. The van der Waals surface area contributed by atoms with Gasteiger partial charge in [-0.15, -0.1) is 0 Å². The fourth-order valence-electron chi connectivity index (χ4n) is 1.92. The molecular formula is C12H17N3OS. The SMILES string of the molecule is CC1(CNc2cccc(C(N)=S)n2)CCCO1. The van der Waals surface area contributed by atoms with E-state index >= 15 is 0 Å². The molecule has 1 aliphatic rings. The predicted molar refractivity (Wildman–Crippen MR) is 72.2 cm³/mol. The number of ether oxygens (including phenoxy) is 1. The fraction of sp³-hybridized carbons (Fsp3) is 0.500. The summed E-state index contributed by atoms with van der Waals surface area (Å²) in [4.78, 5) is 4.65. The van der Waals surface area contributed by atoms with E-state index in [2.05, 4.69) is 17.2 Å². The van der Waals surface area contributed by atoms with Crippen molar-refractivity contribution in [2.24, 2.45) is 5.73 Å². The molecule has 1 unspecified atom stereocenters. The van der Waals surface area contributed by atoms with E-state index in [1.165, 1.54) is 0 Å². The molecule has 1 aromatic heterocycles. The topological polar surface area (TPSA) is 60.2 Å². The van der Waals surface area contributed by atoms with Crippen LogP contribution in [-0.4, -0.2) is 28.7 Å². The van der Waals surface area contributed by atoms with Gasteiger partial charge in [-0.05, 0) is 31.9 Å². The Bertz CT molecular complexity index is 416. The molecule has 1 aromatic rings. The fourth-order valence-corrected chi connectivity index (χ4v) is 2.04. The van der Waals surface area contributed by atoms with Crippen molar-refractivity contribution in [3.05, 3.63) is 23.9 Å². The highest BCUT2D eigenvalue weighted by molar-refractivity contribution is 7.80. The molecule has 4 nitrogen and oxygen atoms in total. The van der Waals surface area contributed by atoms with Crippen molar-refractivity contribution >= 4 is 23.0 Å². The zero-order valence-electron chi connectivity index (χ0n) is 9.90. The highest BCUT2D eigenvalue weighted by atomic mass is 32.1. The van der Waals surface area contributed by atoms with Gasteiger partial charge in [-0.25, -0.2) is 4.98 Å². The molecule has 0 bridgehead atoms. The van der Waals surface area contributed by atoms with E-state index in [0.717, 1.165) is 31.8 Å². The molecule has 0 aliphatic carbocycles. The lowest BCUT2D eigenvalue weighted by Gasteiger charge is -2.23. The number of nitrogens with zero attached hydrogens (tertiary/aromatic N) is 1. The van der Waals surface area contributed by atoms with E-state index < -0.39 is 0 Å². The number of pyridine rings is 1. The molecule has 0 amide bonds. The summed E-state index contributed by atoms with van der Waals surface area (Å²) in [6.07, 6.45) is 2.20. The lowest BCUT2D eigenvalue weighted by Crippen LogP contribution is -2.32. The normalized spacial score (nSPS) is 23.6. The zero-order valence-corrected chi connectivity index (χ0v) is 10.7. The smallest absolute Gasteiger partial charge is 0.126 e. The summed E-state index contributed by atoms with van der Waals surface area (Å²) in [5.41, 5.74) is 6.10. The van der Waals surface area contributed by atoms with Gasteiger partial charge in [-0.2, -0.15) is 0 Å². The second kappa shape index (κ2) is 4.98. The van der Waals surface area contributed by atoms with Gasteiger partial charge in [0.05, 0.1) is 11.3 Å². The maximum Gasteiger partial charge on any atom is 0.126 e. The van der Waals surface area contributed by atoms with Gasteiger partial charge in [-0.3, -0.25) is 0 Å². The van der Waals surface area contributed by atoms with Gasteiger partial charge in [0.15, 0.2) is 0 Å². The van der Waals surface area contributed by atoms with Crippen LogP contribution in [0.25, 0.3) is 0 Å². The molecule has 2 rings (SSSR count). The lowest BCUT2D eigenvalue weighted by molar-refractivity contribution is 0.0315. The van der Waals surface area contributed by atoms with Crippen LogP contribution in [0.3, 0.4) is 0 Å². The molecule has 0 spiro atoms. The first-order valence-corrected chi connectivity index (χ1v) is 6.15. The third-order valence-electron chi connectivity index (χ3n) is 2.95. The standard InChI is InChI=1S/C12H17N3OS/c1-12(6-3-7-16-12)8-14-10-5-2-4-9(15-10)11(13)17/h2,4-5H,3,6-8H2,1H3,(H2,13,17)(H,14,15). The third-order valence-corrected chi connectivity index (χ3v) is 3.15. The summed E-state index contributed by atoms with van der Waals surface area (Å²) in [7, 11) is 0. The van der Waals surface area contributed by atoms with Crippen LogP contribution >= 0.6 is 12.2 Å². The first-order valence-electron chi connectivity index (χ1n) is 5.74. The van der Waals surface area contributed by atoms with Gasteiger partial charge in [-0.1, -0.05) is 18.3 Å². The number of nitrogens with one attached hydrogen (secondary N) is 1. The Labute approximate surface area is 107 Å². The highest BCUT2D eigenvalue weighted by Gasteiger charge is 2.29. The largest absolute Gasteiger partial charge is 0.388 e. The highest BCUT2D eigenvalue weighted by Crippen LogP contribution is 2.25. The lowest BCUT2D eigenvalue weighted by atomic mass is 10.0. The number of hydrogen-bond acceptors (Lipinski definition) is 4. The summed E-state index contributed by atoms with van der Waals surface area (Å²) >= 11 is 4.90. The summed E-state index contributed by atoms with van der Waals surface area (Å²) < 4.78 is 5.70. The number of nitrogens with two attached hydrogens (primary N) is 1. The van der Waals surface area contributed by atoms with Gasteiger partial charge < -0.3 is 15.8 Å². The molecule has 5 heteroatoms. The molecular weight excluding hydrogens is 234 g/mol. The van der Waals surface area contributed by atoms with Crippen LogP contribution in [-0.2, 0) is 4.74 Å². The molecule has 1 atom stereocenters. The molecule has 17 heavy (non-hydrogen) atoms. The molecule has 3 N–H and O–H groups in total. The quantitative estimate of drug-likeness (QED) is 0.798. The van der Waals surface area contributed by atoms with E-state index in [-0.39, 0.29) is 5.60 Å². The molecule has 0 radical (unpaired) electrons. The van der Waals surface area contributed by atoms with Crippen molar-refractivity contribution in [3.63, 3.8) is 0 Å². The Kier molecular flexibility index (Phi) is 3.59. The molecule has 92 valence electrons. The van der Waals surface area contributed by atoms with Gasteiger partial charge in [0.2, 0.25) is 0 Å². The number of rotatable bonds is 4. The van der Waals surface area contributed by atoms with Crippen LogP contribution in [0.4, 0.5) is 5.82 Å². The van der Waals surface area contributed by atoms with Crippen molar-refractivity contribution < 1.29 is 4.74 Å². The van der Waals surface area contributed by atoms with Crippen LogP contribution in [0.2, 0.25) is 0 Å². The molecule has 0 saturated carbocycles. The molecule has 1 aliphatic heterocycles. The first-order chi connectivity index (χ1) is 8.09. The van der Waals surface area contributed by atoms with Crippen LogP contribution in [0, 0.1) is 0 Å². The van der Waals surface area contributed by atoms with E-state index in [1.54, 1.807) is 6.07 Å². The van der Waals surface area contributed by atoms with E-state index in [1.807, 2.05) is 12.1 Å². The maximum absolute atomic E-state index is 5.70. The number of anilines is 1. The van der Waals surface area contributed by atoms with Crippen LogP contribution in [0.5, 0.6) is 0 Å². The summed E-state index contributed by atoms with van der Waals surface area (Å²) in [6, 6.07) is 5.60. The molecule has 0 aromatic carbocycles. The summed E-state index contributed by atoms with van der Waals surface area (Å²) in [5.74, 6) is 0.784. The van der Waals surface area contributed by atoms with Crippen molar-refractivity contribution in [2.75, 3.05) is 18.5 Å². The van der Waals surface area contributed by atoms with E-state index in [0.29, 0.717) is 10.7 Å². The number of thiocarbonyl (C=S) groups is 1. The van der Waals surface area contributed by atoms with Crippen molar-refractivity contribution in [1.29, 1.82) is 0 Å². The van der Waals surface area contributed by atoms with Gasteiger partial charge in [0.1, 0.15) is 10.8 Å². The predicted octanol–water partition coefficient (Wildman–Crippen LogP) is 1.70. The van der Waals surface area contributed by atoms with Gasteiger partial charge in [0, 0.05) is 13.2 Å². The van der Waals surface area contributed by atoms with Crippen LogP contribution < -0.4 is 11.1 Å². The van der Waals surface area contributed by atoms with Crippen molar-refractivity contribution in [3.8, 4) is 0 Å². The minimum atomic E-state index is -0.0824. The summed E-state index contributed by atoms with van der Waals surface area (Å²) in [6.45, 7) is 3.71. The van der Waals surface area contributed by atoms with Crippen LogP contribution in [0.1, 0.15) is 25.5 Å². The van der Waals surface area contributed by atoms with Crippen molar-refractivity contribution in [2.45, 2.75) is 25.4 Å². The zero-order chi connectivity index (χ0) is 12.3. The van der Waals surface area contributed by atoms with Gasteiger partial charge in [0.25, 0.3) is 0 Å². The Morgan fingerprint density at radius 1 is 1.65 bits per heavy atom. The molecule has 2 heterocycles. The second-order valence-electron chi connectivity index (χ2n) is 4.53. The maximum atomic E-state index is 5.70. The van der Waals surface area contributed by atoms with Crippen molar-refractivity contribution in [1.82, 2.24) is 4.98 Å². The average Bonchev–Trinajstić information content (AvgIpc) is 2.75. The minimum absolute atomic E-state index is 0.0824. The Morgan fingerprint density at radius 3 is 3.12 bits per heavy atom. The Balaban J connectivity index is 1.99. The third kappa shape index (κ3) is 3.14. The monoisotopic (exact) mass is 251 g/mol. The molecule has 1 saturated heterocycles. The van der Waals surface area contributed by atoms with Gasteiger partial charge >= 0.3 is 0 Å². The number of aromatic nitrogens is 1. The summed E-state index contributed by atoms with van der Waals surface area (Å²) in [5, 5.41) is 3.27. The van der Waals surface area contributed by atoms with E-state index in [9.17, 15) is 0 Å². The Morgan fingerprint density at radius 2 is 2.47 bits per heavy atom. The minimum Gasteiger partial charge on any atom is -0.388 e. The first kappa shape index (κ1) is 12.3. The van der Waals surface area contributed by atoms with Crippen LogP contribution in [0.15, 0.2) is 18.2 Å². The number of hydrogen-bond donors (Lipinski definition) is 2.